The van der Waals surface area contributed by atoms with E-state index in [0.717, 1.165) is 13.5 Å². The lowest BCUT2D eigenvalue weighted by Gasteiger charge is -2.08. The van der Waals surface area contributed by atoms with Gasteiger partial charge in [-0.3, -0.25) is 9.59 Å². The highest BCUT2D eigenvalue weighted by Crippen LogP contribution is 2.30. The number of ketones is 2. The Morgan fingerprint density at radius 1 is 1.15 bits per heavy atom. The van der Waals surface area contributed by atoms with Gasteiger partial charge in [-0.1, -0.05) is 0 Å². The predicted octanol–water partition coefficient (Wildman–Crippen LogP) is 1.16. The number of benzene rings is 1. The highest BCUT2D eigenvalue weighted by molar-refractivity contribution is 6.38. The van der Waals surface area contributed by atoms with Crippen LogP contribution in [0.3, 0.4) is 0 Å². The van der Waals surface area contributed by atoms with Gasteiger partial charge in [0.1, 0.15) is 0 Å². The molecule has 1 heterocycles. The van der Waals surface area contributed by atoms with Crippen molar-refractivity contribution in [3.8, 4) is 11.5 Å². The lowest BCUT2D eigenvalue weighted by atomic mass is 10.1. The summed E-state index contributed by atoms with van der Waals surface area (Å²) in [4.78, 5) is 34.3. The molecule has 1 aromatic carbocycles. The summed E-state index contributed by atoms with van der Waals surface area (Å²) >= 11 is 0. The third-order valence-corrected chi connectivity index (χ3v) is 2.80. The normalized spacial score (nSPS) is 13.2. The molecule has 1 aliphatic heterocycles. The third-order valence-electron chi connectivity index (χ3n) is 2.80. The highest BCUT2D eigenvalue weighted by Gasteiger charge is 2.21. The first-order chi connectivity index (χ1) is 9.61. The largest absolute Gasteiger partial charge is 0.490 e. The maximum atomic E-state index is 11.9. The molecule has 0 unspecified atom stereocenters. The number of fused-ring (bicyclic) bond motifs is 1. The van der Waals surface area contributed by atoms with Gasteiger partial charge in [-0.15, -0.1) is 0 Å². The van der Waals surface area contributed by atoms with Crippen molar-refractivity contribution in [1.29, 1.82) is 0 Å². The van der Waals surface area contributed by atoms with Crippen LogP contribution in [0.2, 0.25) is 0 Å². The number of ether oxygens (including phenoxy) is 3. The van der Waals surface area contributed by atoms with Gasteiger partial charge in [0.25, 0.3) is 0 Å². The van der Waals surface area contributed by atoms with E-state index in [1.54, 1.807) is 12.1 Å². The van der Waals surface area contributed by atoms with Crippen LogP contribution >= 0.6 is 0 Å². The molecular formula is C14H14O6. The lowest BCUT2D eigenvalue weighted by molar-refractivity contribution is -0.151. The van der Waals surface area contributed by atoms with Crippen molar-refractivity contribution in [2.24, 2.45) is 0 Å². The molecule has 0 fully saturated rings. The van der Waals surface area contributed by atoms with Crippen molar-refractivity contribution >= 4 is 17.5 Å². The molecule has 20 heavy (non-hydrogen) atoms. The van der Waals surface area contributed by atoms with Crippen LogP contribution in [0.15, 0.2) is 18.2 Å². The first-order valence-corrected chi connectivity index (χ1v) is 6.16. The summed E-state index contributed by atoms with van der Waals surface area (Å²) in [6.07, 6.45) is 0.241. The van der Waals surface area contributed by atoms with E-state index in [-0.39, 0.29) is 0 Å². The Bertz CT molecular complexity index is 549. The minimum Gasteiger partial charge on any atom is -0.490 e. The van der Waals surface area contributed by atoms with Gasteiger partial charge in [0, 0.05) is 12.0 Å². The number of carbonyl (C=O) groups is 3. The molecule has 0 saturated heterocycles. The van der Waals surface area contributed by atoms with Crippen molar-refractivity contribution in [1.82, 2.24) is 0 Å². The van der Waals surface area contributed by atoms with Crippen LogP contribution in [0, 0.1) is 0 Å². The summed E-state index contributed by atoms with van der Waals surface area (Å²) in [6, 6.07) is 4.68. The quantitative estimate of drug-likeness (QED) is 0.356. The molecule has 6 nitrogen and oxygen atoms in total. The van der Waals surface area contributed by atoms with E-state index in [1.807, 2.05) is 0 Å². The van der Waals surface area contributed by atoms with Gasteiger partial charge in [0.2, 0.25) is 5.78 Å². The third kappa shape index (κ3) is 3.14. The number of rotatable bonds is 4. The van der Waals surface area contributed by atoms with Crippen LogP contribution in [0.5, 0.6) is 11.5 Å². The van der Waals surface area contributed by atoms with Gasteiger partial charge in [-0.25, -0.2) is 4.79 Å². The Kier molecular flexibility index (Phi) is 4.34. The number of hydrogen-bond acceptors (Lipinski definition) is 6. The smallest absolute Gasteiger partial charge is 0.374 e. The Hall–Kier alpha value is -2.37. The maximum absolute atomic E-state index is 11.9. The zero-order valence-electron chi connectivity index (χ0n) is 11.0. The first kappa shape index (κ1) is 14.0. The molecule has 1 aliphatic rings. The molecule has 0 spiro atoms. The summed E-state index contributed by atoms with van der Waals surface area (Å²) in [5.74, 6) is -1.31. The van der Waals surface area contributed by atoms with Crippen molar-refractivity contribution < 1.29 is 28.6 Å². The minimum absolute atomic E-state index is 0.298. The Morgan fingerprint density at radius 2 is 1.85 bits per heavy atom. The second-order valence-corrected chi connectivity index (χ2v) is 4.23. The molecule has 0 aliphatic carbocycles. The number of esters is 1. The number of Topliss-reactive ketones (excluding diaryl/α,β-unsaturated/α-hetero) is 2. The van der Waals surface area contributed by atoms with E-state index < -0.39 is 24.0 Å². The zero-order valence-corrected chi connectivity index (χ0v) is 11.0. The molecule has 0 atom stereocenters. The summed E-state index contributed by atoms with van der Waals surface area (Å²) < 4.78 is 15.2. The van der Waals surface area contributed by atoms with Crippen LogP contribution in [0.4, 0.5) is 0 Å². The number of carbonyl (C=O) groups excluding carboxylic acids is 3. The van der Waals surface area contributed by atoms with Gasteiger partial charge in [-0.2, -0.15) is 0 Å². The van der Waals surface area contributed by atoms with E-state index in [1.165, 1.54) is 6.07 Å². The summed E-state index contributed by atoms with van der Waals surface area (Å²) in [7, 11) is 1.10. The van der Waals surface area contributed by atoms with Crippen LogP contribution in [0.1, 0.15) is 23.2 Å². The minimum atomic E-state index is -1.02. The fraction of sp³-hybridized carbons (Fsp3) is 0.357. The van der Waals surface area contributed by atoms with Gasteiger partial charge in [0.15, 0.2) is 17.3 Å². The van der Waals surface area contributed by atoms with Gasteiger partial charge < -0.3 is 14.2 Å². The van der Waals surface area contributed by atoms with Gasteiger partial charge in [-0.05, 0) is 18.2 Å². The van der Waals surface area contributed by atoms with Crippen LogP contribution in [0.25, 0.3) is 0 Å². The predicted molar refractivity (Wildman–Crippen MR) is 68.0 cm³/mol. The van der Waals surface area contributed by atoms with Crippen LogP contribution < -0.4 is 9.47 Å². The topological polar surface area (TPSA) is 78.9 Å². The van der Waals surface area contributed by atoms with E-state index >= 15 is 0 Å². The molecule has 1 aromatic rings. The first-order valence-electron chi connectivity index (χ1n) is 6.16. The average molecular weight is 278 g/mol. The Labute approximate surface area is 115 Å². The fourth-order valence-corrected chi connectivity index (χ4v) is 1.77. The Balaban J connectivity index is 2.13. The molecule has 0 amide bonds. The zero-order chi connectivity index (χ0) is 14.5. The summed E-state index contributed by atoms with van der Waals surface area (Å²) in [6.45, 7) is 1.06. The lowest BCUT2D eigenvalue weighted by Crippen LogP contribution is -2.19. The van der Waals surface area contributed by atoms with E-state index in [2.05, 4.69) is 4.74 Å². The molecular weight excluding hydrogens is 264 g/mol. The standard InChI is InChI=1S/C14H14O6/c1-18-14(17)11(16)8-10(15)9-3-4-12-13(7-9)20-6-2-5-19-12/h3-4,7H,2,5-6,8H2,1H3. The fourth-order valence-electron chi connectivity index (χ4n) is 1.77. The highest BCUT2D eigenvalue weighted by atomic mass is 16.5. The molecule has 0 radical (unpaired) electrons. The second kappa shape index (κ2) is 6.18. The Morgan fingerprint density at radius 3 is 2.55 bits per heavy atom. The SMILES string of the molecule is COC(=O)C(=O)CC(=O)c1ccc2c(c1)OCCCO2. The molecule has 0 N–H and O–H groups in total. The molecule has 2 rings (SSSR count). The van der Waals surface area contributed by atoms with Crippen LogP contribution in [-0.4, -0.2) is 37.9 Å². The van der Waals surface area contributed by atoms with E-state index in [4.69, 9.17) is 9.47 Å². The van der Waals surface area contributed by atoms with Gasteiger partial charge >= 0.3 is 5.97 Å². The van der Waals surface area contributed by atoms with Crippen LogP contribution in [-0.2, 0) is 14.3 Å². The number of methoxy groups -OCH3 is 1. The monoisotopic (exact) mass is 278 g/mol. The molecule has 6 heteroatoms. The van der Waals surface area contributed by atoms with Crippen molar-refractivity contribution in [3.63, 3.8) is 0 Å². The molecule has 0 aromatic heterocycles. The van der Waals surface area contributed by atoms with Gasteiger partial charge in [0.05, 0.1) is 26.7 Å². The summed E-state index contributed by atoms with van der Waals surface area (Å²) in [5.41, 5.74) is 0.298. The van der Waals surface area contributed by atoms with E-state index in [0.29, 0.717) is 30.3 Å². The second-order valence-electron chi connectivity index (χ2n) is 4.23. The average Bonchev–Trinajstić information content (AvgIpc) is 2.70. The number of hydrogen-bond donors (Lipinski definition) is 0. The van der Waals surface area contributed by atoms with Crippen molar-refractivity contribution in [3.05, 3.63) is 23.8 Å². The molecule has 0 bridgehead atoms. The molecule has 0 saturated carbocycles. The summed E-state index contributed by atoms with van der Waals surface area (Å²) in [5, 5.41) is 0. The maximum Gasteiger partial charge on any atom is 0.374 e. The van der Waals surface area contributed by atoms with Crippen molar-refractivity contribution in [2.45, 2.75) is 12.8 Å². The van der Waals surface area contributed by atoms with E-state index in [9.17, 15) is 14.4 Å². The molecule has 106 valence electrons. The van der Waals surface area contributed by atoms with Crippen molar-refractivity contribution in [2.75, 3.05) is 20.3 Å².